The van der Waals surface area contributed by atoms with Crippen molar-refractivity contribution in [2.45, 2.75) is 26.4 Å². The highest BCUT2D eigenvalue weighted by Gasteiger charge is 2.20. The monoisotopic (exact) mass is 332 g/mol. The summed E-state index contributed by atoms with van der Waals surface area (Å²) in [5.41, 5.74) is 2.26. The predicted molar refractivity (Wildman–Crippen MR) is 95.7 cm³/mol. The van der Waals surface area contributed by atoms with E-state index in [9.17, 15) is 4.57 Å². The van der Waals surface area contributed by atoms with E-state index < -0.39 is 7.37 Å². The van der Waals surface area contributed by atoms with Gasteiger partial charge in [0.2, 0.25) is 7.37 Å². The van der Waals surface area contributed by atoms with E-state index >= 15 is 0 Å². The molecule has 0 N–H and O–H groups in total. The van der Waals surface area contributed by atoms with Crippen LogP contribution in [-0.2, 0) is 15.7 Å². The van der Waals surface area contributed by atoms with Gasteiger partial charge in [0.1, 0.15) is 12.4 Å². The van der Waals surface area contributed by atoms with Gasteiger partial charge < -0.3 is 9.26 Å². The molecule has 0 spiro atoms. The van der Waals surface area contributed by atoms with Crippen LogP contribution >= 0.6 is 7.37 Å². The Kier molecular flexibility index (Phi) is 6.44. The molecule has 2 atom stereocenters. The van der Waals surface area contributed by atoms with Crippen molar-refractivity contribution in [2.75, 3.05) is 19.4 Å². The van der Waals surface area contributed by atoms with Crippen molar-refractivity contribution in [2.24, 2.45) is 0 Å². The molecule has 2 unspecified atom stereocenters. The van der Waals surface area contributed by atoms with Gasteiger partial charge in [-0.15, -0.1) is 0 Å². The Balaban J connectivity index is 2.00. The molecule has 0 amide bonds. The van der Waals surface area contributed by atoms with Crippen molar-refractivity contribution >= 4 is 7.37 Å². The highest BCUT2D eigenvalue weighted by molar-refractivity contribution is 7.58. The molecule has 0 aromatic heterocycles. The number of rotatable bonds is 8. The normalized spacial score (nSPS) is 14.9. The maximum atomic E-state index is 12.3. The van der Waals surface area contributed by atoms with E-state index in [0.29, 0.717) is 19.4 Å². The van der Waals surface area contributed by atoms with E-state index in [2.05, 4.69) is 6.92 Å². The van der Waals surface area contributed by atoms with Gasteiger partial charge in [0, 0.05) is 12.8 Å². The molecule has 2 rings (SSSR count). The number of ether oxygens (including phenoxy) is 1. The lowest BCUT2D eigenvalue weighted by Crippen LogP contribution is -2.04. The summed E-state index contributed by atoms with van der Waals surface area (Å²) in [6.07, 6.45) is 0.545. The summed E-state index contributed by atoms with van der Waals surface area (Å²) in [5.74, 6) is 0.998. The van der Waals surface area contributed by atoms with Crippen molar-refractivity contribution in [3.63, 3.8) is 0 Å². The molecular formula is C19H25O3P. The Labute approximate surface area is 139 Å². The van der Waals surface area contributed by atoms with Gasteiger partial charge in [-0.05, 0) is 36.1 Å². The average molecular weight is 332 g/mol. The number of hydrogen-bond donors (Lipinski definition) is 0. The Morgan fingerprint density at radius 3 is 2.52 bits per heavy atom. The molecule has 0 radical (unpaired) electrons. The summed E-state index contributed by atoms with van der Waals surface area (Å²) >= 11 is 0. The number of benzene rings is 2. The van der Waals surface area contributed by atoms with Crippen LogP contribution < -0.4 is 4.74 Å². The SMILES string of the molecule is CCOP(C)(=O)CC(C)c1cccc(OCc2ccccc2)c1. The smallest absolute Gasteiger partial charge is 0.200 e. The second-order valence-electron chi connectivity index (χ2n) is 5.86. The van der Waals surface area contributed by atoms with E-state index in [1.165, 1.54) is 0 Å². The summed E-state index contributed by atoms with van der Waals surface area (Å²) < 4.78 is 23.6. The van der Waals surface area contributed by atoms with E-state index in [1.807, 2.05) is 61.5 Å². The van der Waals surface area contributed by atoms with Crippen LogP contribution in [0.4, 0.5) is 0 Å². The fourth-order valence-corrected chi connectivity index (χ4v) is 4.44. The molecule has 23 heavy (non-hydrogen) atoms. The van der Waals surface area contributed by atoms with Gasteiger partial charge in [0.05, 0.1) is 6.61 Å². The van der Waals surface area contributed by atoms with Crippen LogP contribution in [0, 0.1) is 0 Å². The van der Waals surface area contributed by atoms with Crippen molar-refractivity contribution in [1.82, 2.24) is 0 Å². The Hall–Kier alpha value is -1.57. The van der Waals surface area contributed by atoms with Crippen molar-refractivity contribution in [3.8, 4) is 5.75 Å². The molecule has 0 saturated carbocycles. The zero-order valence-corrected chi connectivity index (χ0v) is 15.0. The Morgan fingerprint density at radius 2 is 1.83 bits per heavy atom. The first-order valence-electron chi connectivity index (χ1n) is 7.98. The van der Waals surface area contributed by atoms with Crippen LogP contribution in [0.15, 0.2) is 54.6 Å². The molecule has 0 bridgehead atoms. The van der Waals surface area contributed by atoms with E-state index in [1.54, 1.807) is 6.66 Å². The summed E-state index contributed by atoms with van der Waals surface area (Å²) in [7, 11) is -2.53. The molecule has 4 heteroatoms. The third-order valence-corrected chi connectivity index (χ3v) is 5.70. The van der Waals surface area contributed by atoms with Crippen molar-refractivity contribution in [1.29, 1.82) is 0 Å². The second kappa shape index (κ2) is 8.33. The van der Waals surface area contributed by atoms with Gasteiger partial charge in [-0.3, -0.25) is 4.57 Å². The van der Waals surface area contributed by atoms with Crippen LogP contribution in [0.1, 0.15) is 30.9 Å². The minimum Gasteiger partial charge on any atom is -0.489 e. The van der Waals surface area contributed by atoms with E-state index in [4.69, 9.17) is 9.26 Å². The van der Waals surface area contributed by atoms with Gasteiger partial charge in [-0.25, -0.2) is 0 Å². The second-order valence-corrected chi connectivity index (χ2v) is 8.51. The third-order valence-electron chi connectivity index (χ3n) is 3.68. The van der Waals surface area contributed by atoms with Crippen LogP contribution in [0.2, 0.25) is 0 Å². The molecule has 0 fully saturated rings. The highest BCUT2D eigenvalue weighted by Crippen LogP contribution is 2.46. The molecular weight excluding hydrogens is 307 g/mol. The lowest BCUT2D eigenvalue weighted by Gasteiger charge is -2.18. The van der Waals surface area contributed by atoms with Crippen LogP contribution in [0.5, 0.6) is 5.75 Å². The lowest BCUT2D eigenvalue weighted by atomic mass is 10.0. The first-order chi connectivity index (χ1) is 11.0. The fraction of sp³-hybridized carbons (Fsp3) is 0.368. The van der Waals surface area contributed by atoms with E-state index in [0.717, 1.165) is 16.9 Å². The predicted octanol–water partition coefficient (Wildman–Crippen LogP) is 5.31. The topological polar surface area (TPSA) is 35.5 Å². The molecule has 0 heterocycles. The largest absolute Gasteiger partial charge is 0.489 e. The molecule has 124 valence electrons. The van der Waals surface area contributed by atoms with Gasteiger partial charge in [0.25, 0.3) is 0 Å². The van der Waals surface area contributed by atoms with Crippen molar-refractivity contribution < 1.29 is 13.8 Å². The first kappa shape index (κ1) is 17.8. The van der Waals surface area contributed by atoms with Gasteiger partial charge >= 0.3 is 0 Å². The van der Waals surface area contributed by atoms with Crippen LogP contribution in [0.3, 0.4) is 0 Å². The minimum absolute atomic E-state index is 0.164. The molecule has 0 aliphatic heterocycles. The highest BCUT2D eigenvalue weighted by atomic mass is 31.2. The summed E-state index contributed by atoms with van der Waals surface area (Å²) in [5, 5.41) is 0. The molecule has 3 nitrogen and oxygen atoms in total. The lowest BCUT2D eigenvalue weighted by molar-refractivity contribution is 0.305. The fourth-order valence-electron chi connectivity index (χ4n) is 2.58. The zero-order chi connectivity index (χ0) is 16.7. The molecule has 2 aromatic rings. The Bertz CT molecular complexity index is 655. The maximum Gasteiger partial charge on any atom is 0.200 e. The summed E-state index contributed by atoms with van der Waals surface area (Å²) in [6, 6.07) is 18.1. The minimum atomic E-state index is -2.53. The molecule has 2 aromatic carbocycles. The summed E-state index contributed by atoms with van der Waals surface area (Å²) in [4.78, 5) is 0. The molecule has 0 aliphatic rings. The summed E-state index contributed by atoms with van der Waals surface area (Å²) in [6.45, 7) is 6.69. The standard InChI is InChI=1S/C19H25O3P/c1-4-22-23(3,20)15-16(2)18-11-8-12-19(13-18)21-14-17-9-6-5-7-10-17/h5-13,16H,4,14-15H2,1-3H3. The molecule has 0 saturated heterocycles. The van der Waals surface area contributed by atoms with E-state index in [-0.39, 0.29) is 5.92 Å². The zero-order valence-electron chi connectivity index (χ0n) is 14.1. The van der Waals surface area contributed by atoms with Gasteiger partial charge in [-0.2, -0.15) is 0 Å². The van der Waals surface area contributed by atoms with Crippen LogP contribution in [0.25, 0.3) is 0 Å². The Morgan fingerprint density at radius 1 is 1.09 bits per heavy atom. The maximum absolute atomic E-state index is 12.3. The van der Waals surface area contributed by atoms with Crippen molar-refractivity contribution in [3.05, 3.63) is 65.7 Å². The first-order valence-corrected chi connectivity index (χ1v) is 10.2. The molecule has 0 aliphatic carbocycles. The average Bonchev–Trinajstić information content (AvgIpc) is 2.53. The third kappa shape index (κ3) is 5.85. The van der Waals surface area contributed by atoms with Crippen LogP contribution in [-0.4, -0.2) is 19.4 Å². The quantitative estimate of drug-likeness (QED) is 0.614. The van der Waals surface area contributed by atoms with Gasteiger partial charge in [0.15, 0.2) is 0 Å². The van der Waals surface area contributed by atoms with Gasteiger partial charge in [-0.1, -0.05) is 49.4 Å². The number of hydrogen-bond acceptors (Lipinski definition) is 3.